The van der Waals surface area contributed by atoms with Gasteiger partial charge in [0.15, 0.2) is 0 Å². The molecule has 1 heterocycles. The van der Waals surface area contributed by atoms with Gasteiger partial charge >= 0.3 is 6.18 Å². The van der Waals surface area contributed by atoms with Gasteiger partial charge < -0.3 is 0 Å². The molecule has 2 nitrogen and oxygen atoms in total. The first-order chi connectivity index (χ1) is 9.84. The van der Waals surface area contributed by atoms with Crippen molar-refractivity contribution in [2.45, 2.75) is 12.6 Å². The number of halogens is 5. The summed E-state index contributed by atoms with van der Waals surface area (Å²) >= 11 is 11.8. The molecule has 7 heteroatoms. The zero-order valence-corrected chi connectivity index (χ0v) is 11.9. The van der Waals surface area contributed by atoms with Crippen molar-refractivity contribution < 1.29 is 13.2 Å². The van der Waals surface area contributed by atoms with Crippen molar-refractivity contribution in [2.24, 2.45) is 0 Å². The standard InChI is InChI=1S/C14H7Cl2F3N2/c15-9-1-2-11(16)10(7-9)13-12(14(17,18)19)8(3-5-20)4-6-21-13/h1-2,4,6-7H,3H2. The number of pyridine rings is 1. The van der Waals surface area contributed by atoms with Crippen molar-refractivity contribution in [1.29, 1.82) is 5.26 Å². The average Bonchev–Trinajstić information content (AvgIpc) is 2.40. The summed E-state index contributed by atoms with van der Waals surface area (Å²) in [5.74, 6) is 0. The normalized spacial score (nSPS) is 11.2. The summed E-state index contributed by atoms with van der Waals surface area (Å²) < 4.78 is 40.0. The first-order valence-electron chi connectivity index (χ1n) is 5.72. The van der Waals surface area contributed by atoms with Crippen molar-refractivity contribution in [3.8, 4) is 17.3 Å². The van der Waals surface area contributed by atoms with Crippen LogP contribution in [0, 0.1) is 11.3 Å². The highest BCUT2D eigenvalue weighted by Gasteiger charge is 2.37. The molecular formula is C14H7Cl2F3N2. The number of aromatic nitrogens is 1. The van der Waals surface area contributed by atoms with E-state index in [2.05, 4.69) is 4.98 Å². The Morgan fingerprint density at radius 2 is 1.90 bits per heavy atom. The Labute approximate surface area is 128 Å². The highest BCUT2D eigenvalue weighted by Crippen LogP contribution is 2.41. The summed E-state index contributed by atoms with van der Waals surface area (Å²) in [6, 6.07) is 7.08. The summed E-state index contributed by atoms with van der Waals surface area (Å²) in [5, 5.41) is 9.03. The Hall–Kier alpha value is -1.77. The lowest BCUT2D eigenvalue weighted by atomic mass is 9.99. The maximum atomic E-state index is 13.3. The first kappa shape index (κ1) is 15.6. The SMILES string of the molecule is N#CCc1ccnc(-c2cc(Cl)ccc2Cl)c1C(F)(F)F. The summed E-state index contributed by atoms with van der Waals surface area (Å²) in [6.07, 6.45) is -3.81. The van der Waals surface area contributed by atoms with Crippen molar-refractivity contribution >= 4 is 23.2 Å². The molecule has 0 aliphatic rings. The van der Waals surface area contributed by atoms with Gasteiger partial charge in [-0.15, -0.1) is 0 Å². The molecule has 1 aromatic heterocycles. The van der Waals surface area contributed by atoms with E-state index in [1.165, 1.54) is 30.5 Å². The Balaban J connectivity index is 2.78. The van der Waals surface area contributed by atoms with Crippen LogP contribution in [0.25, 0.3) is 11.3 Å². The fraction of sp³-hybridized carbons (Fsp3) is 0.143. The summed E-state index contributed by atoms with van der Waals surface area (Å²) in [5.41, 5.74) is -1.36. The quantitative estimate of drug-likeness (QED) is 0.764. The minimum absolute atomic E-state index is 0.0799. The molecule has 0 fully saturated rings. The highest BCUT2D eigenvalue weighted by molar-refractivity contribution is 6.35. The Kier molecular flexibility index (Phi) is 4.40. The molecule has 0 aliphatic heterocycles. The molecule has 0 spiro atoms. The Morgan fingerprint density at radius 3 is 2.52 bits per heavy atom. The van der Waals surface area contributed by atoms with Gasteiger partial charge in [-0.3, -0.25) is 4.98 Å². The molecule has 21 heavy (non-hydrogen) atoms. The molecule has 0 aliphatic carbocycles. The predicted octanol–water partition coefficient (Wildman–Crippen LogP) is 5.14. The largest absolute Gasteiger partial charge is 0.418 e. The van der Waals surface area contributed by atoms with Crippen LogP contribution in [0.5, 0.6) is 0 Å². The Bertz CT molecular complexity index is 721. The molecule has 0 atom stereocenters. The van der Waals surface area contributed by atoms with Gasteiger partial charge in [0.1, 0.15) is 0 Å². The third kappa shape index (κ3) is 3.29. The molecule has 0 radical (unpaired) electrons. The van der Waals surface area contributed by atoms with Gasteiger partial charge in [0, 0.05) is 16.8 Å². The van der Waals surface area contributed by atoms with Crippen molar-refractivity contribution in [3.63, 3.8) is 0 Å². The lowest BCUT2D eigenvalue weighted by molar-refractivity contribution is -0.137. The van der Waals surface area contributed by atoms with E-state index in [0.29, 0.717) is 0 Å². The van der Waals surface area contributed by atoms with E-state index in [0.717, 1.165) is 0 Å². The van der Waals surface area contributed by atoms with Crippen molar-refractivity contribution in [2.75, 3.05) is 0 Å². The molecule has 0 amide bonds. The maximum absolute atomic E-state index is 13.3. The zero-order valence-electron chi connectivity index (χ0n) is 10.4. The third-order valence-electron chi connectivity index (χ3n) is 2.77. The van der Waals surface area contributed by atoms with Crippen LogP contribution in [0.2, 0.25) is 10.0 Å². The monoisotopic (exact) mass is 330 g/mol. The van der Waals surface area contributed by atoms with E-state index in [4.69, 9.17) is 28.5 Å². The van der Waals surface area contributed by atoms with Gasteiger partial charge in [-0.05, 0) is 29.8 Å². The van der Waals surface area contributed by atoms with E-state index in [9.17, 15) is 13.2 Å². The zero-order chi connectivity index (χ0) is 15.6. The molecule has 0 bridgehead atoms. The molecule has 0 unspecified atom stereocenters. The molecule has 0 N–H and O–H groups in total. The molecule has 2 aromatic rings. The maximum Gasteiger partial charge on any atom is 0.418 e. The van der Waals surface area contributed by atoms with Crippen LogP contribution in [0.3, 0.4) is 0 Å². The fourth-order valence-corrected chi connectivity index (χ4v) is 2.31. The number of benzene rings is 1. The fourth-order valence-electron chi connectivity index (χ4n) is 1.93. The second-order valence-corrected chi connectivity index (χ2v) is 4.99. The van der Waals surface area contributed by atoms with Crippen molar-refractivity contribution in [3.05, 3.63) is 51.6 Å². The second kappa shape index (κ2) is 5.92. The van der Waals surface area contributed by atoms with Crippen LogP contribution < -0.4 is 0 Å². The van der Waals surface area contributed by atoms with Gasteiger partial charge in [-0.1, -0.05) is 23.2 Å². The second-order valence-electron chi connectivity index (χ2n) is 4.15. The summed E-state index contributed by atoms with van der Waals surface area (Å²) in [4.78, 5) is 3.79. The molecule has 108 valence electrons. The number of hydrogen-bond acceptors (Lipinski definition) is 2. The predicted molar refractivity (Wildman–Crippen MR) is 74.0 cm³/mol. The van der Waals surface area contributed by atoms with E-state index in [1.807, 2.05) is 0 Å². The van der Waals surface area contributed by atoms with Gasteiger partial charge in [-0.25, -0.2) is 0 Å². The number of nitriles is 1. The Morgan fingerprint density at radius 1 is 1.19 bits per heavy atom. The molecule has 2 rings (SSSR count). The van der Waals surface area contributed by atoms with Crippen LogP contribution in [0.15, 0.2) is 30.5 Å². The first-order valence-corrected chi connectivity index (χ1v) is 6.47. The number of alkyl halides is 3. The van der Waals surface area contributed by atoms with Crippen LogP contribution >= 0.6 is 23.2 Å². The summed E-state index contributed by atoms with van der Waals surface area (Å²) in [7, 11) is 0. The van der Waals surface area contributed by atoms with E-state index in [-0.39, 0.29) is 33.3 Å². The molecule has 0 saturated carbocycles. The van der Waals surface area contributed by atoms with Crippen LogP contribution in [-0.4, -0.2) is 4.98 Å². The lowest BCUT2D eigenvalue weighted by Crippen LogP contribution is -2.12. The molecule has 0 saturated heterocycles. The third-order valence-corrected chi connectivity index (χ3v) is 3.34. The highest BCUT2D eigenvalue weighted by atomic mass is 35.5. The van der Waals surface area contributed by atoms with Crippen LogP contribution in [0.1, 0.15) is 11.1 Å². The van der Waals surface area contributed by atoms with Gasteiger partial charge in [0.2, 0.25) is 0 Å². The lowest BCUT2D eigenvalue weighted by Gasteiger charge is -2.16. The average molecular weight is 331 g/mol. The topological polar surface area (TPSA) is 36.7 Å². The molecular weight excluding hydrogens is 324 g/mol. The number of rotatable bonds is 2. The van der Waals surface area contributed by atoms with E-state index >= 15 is 0 Å². The minimum Gasteiger partial charge on any atom is -0.256 e. The number of hydrogen-bond donors (Lipinski definition) is 0. The van der Waals surface area contributed by atoms with Gasteiger partial charge in [0.25, 0.3) is 0 Å². The smallest absolute Gasteiger partial charge is 0.256 e. The van der Waals surface area contributed by atoms with Crippen molar-refractivity contribution in [1.82, 2.24) is 4.98 Å². The molecule has 1 aromatic carbocycles. The van der Waals surface area contributed by atoms with Gasteiger partial charge in [-0.2, -0.15) is 18.4 Å². The minimum atomic E-state index is -4.65. The summed E-state index contributed by atoms with van der Waals surface area (Å²) in [6.45, 7) is 0. The van der Waals surface area contributed by atoms with Crippen LogP contribution in [-0.2, 0) is 12.6 Å². The van der Waals surface area contributed by atoms with E-state index in [1.54, 1.807) is 6.07 Å². The van der Waals surface area contributed by atoms with Crippen LogP contribution in [0.4, 0.5) is 13.2 Å². The number of nitrogens with zero attached hydrogens (tertiary/aromatic N) is 2. The van der Waals surface area contributed by atoms with E-state index < -0.39 is 11.7 Å². The van der Waals surface area contributed by atoms with Gasteiger partial charge in [0.05, 0.1) is 28.8 Å².